The van der Waals surface area contributed by atoms with Gasteiger partial charge in [0.05, 0.1) is 4.88 Å². The number of fused-ring (bicyclic) bond motifs is 1. The molecule has 0 atom stereocenters. The van der Waals surface area contributed by atoms with Gasteiger partial charge in [0.15, 0.2) is 5.82 Å². The van der Waals surface area contributed by atoms with Gasteiger partial charge in [0.25, 0.3) is 0 Å². The Morgan fingerprint density at radius 2 is 2.25 bits per heavy atom. The van der Waals surface area contributed by atoms with Crippen molar-refractivity contribution in [3.05, 3.63) is 22.8 Å². The highest BCUT2D eigenvalue weighted by Gasteiger charge is 2.16. The Hall–Kier alpha value is -1.16. The highest BCUT2D eigenvalue weighted by atomic mass is 32.1. The standard InChI is InChI=1S/C12H15N3S/c1-2-15-8-13-14-12(15)11-7-9-5-3-4-6-10(9)16-11/h7-8H,2-6H2,1H3. The molecule has 1 aliphatic rings. The average molecular weight is 233 g/mol. The Morgan fingerprint density at radius 1 is 1.38 bits per heavy atom. The number of thiophene rings is 1. The fourth-order valence-electron chi connectivity index (χ4n) is 2.28. The maximum absolute atomic E-state index is 4.22. The van der Waals surface area contributed by atoms with E-state index in [1.807, 2.05) is 17.7 Å². The molecule has 0 unspecified atom stereocenters. The lowest BCUT2D eigenvalue weighted by molar-refractivity contribution is 0.697. The maximum atomic E-state index is 4.22. The van der Waals surface area contributed by atoms with Gasteiger partial charge in [0, 0.05) is 11.4 Å². The SMILES string of the molecule is CCn1cnnc1-c1cc2c(s1)CCCC2. The first-order valence-electron chi connectivity index (χ1n) is 5.88. The molecule has 3 rings (SSSR count). The fourth-order valence-corrected chi connectivity index (χ4v) is 3.53. The van der Waals surface area contributed by atoms with E-state index in [0.717, 1.165) is 12.4 Å². The van der Waals surface area contributed by atoms with Crippen LogP contribution >= 0.6 is 11.3 Å². The van der Waals surface area contributed by atoms with Gasteiger partial charge in [-0.25, -0.2) is 0 Å². The van der Waals surface area contributed by atoms with Gasteiger partial charge in [0.2, 0.25) is 0 Å². The summed E-state index contributed by atoms with van der Waals surface area (Å²) in [6.45, 7) is 3.06. The quantitative estimate of drug-likeness (QED) is 0.798. The van der Waals surface area contributed by atoms with Crippen LogP contribution in [0.2, 0.25) is 0 Å². The molecule has 3 nitrogen and oxygen atoms in total. The van der Waals surface area contributed by atoms with Gasteiger partial charge in [-0.3, -0.25) is 0 Å². The molecule has 0 aromatic carbocycles. The van der Waals surface area contributed by atoms with Crippen molar-refractivity contribution in [2.24, 2.45) is 0 Å². The van der Waals surface area contributed by atoms with Crippen molar-refractivity contribution in [1.29, 1.82) is 0 Å². The Bertz CT molecular complexity index is 475. The van der Waals surface area contributed by atoms with Crippen molar-refractivity contribution in [3.63, 3.8) is 0 Å². The minimum Gasteiger partial charge on any atom is -0.313 e. The third-order valence-corrected chi connectivity index (χ3v) is 4.41. The second-order valence-electron chi connectivity index (χ2n) is 4.21. The van der Waals surface area contributed by atoms with Crippen molar-refractivity contribution in [1.82, 2.24) is 14.8 Å². The molecule has 2 heterocycles. The van der Waals surface area contributed by atoms with Crippen molar-refractivity contribution in [3.8, 4) is 10.7 Å². The summed E-state index contributed by atoms with van der Waals surface area (Å²) < 4.78 is 2.11. The summed E-state index contributed by atoms with van der Waals surface area (Å²) in [6.07, 6.45) is 6.98. The van der Waals surface area contributed by atoms with Crippen LogP contribution in [-0.2, 0) is 19.4 Å². The van der Waals surface area contributed by atoms with Crippen LogP contribution in [0.25, 0.3) is 10.7 Å². The van der Waals surface area contributed by atoms with E-state index >= 15 is 0 Å². The van der Waals surface area contributed by atoms with E-state index in [1.165, 1.54) is 36.1 Å². The van der Waals surface area contributed by atoms with Crippen LogP contribution in [0.4, 0.5) is 0 Å². The molecule has 16 heavy (non-hydrogen) atoms. The summed E-state index contributed by atoms with van der Waals surface area (Å²) >= 11 is 1.90. The summed E-state index contributed by atoms with van der Waals surface area (Å²) in [5, 5.41) is 8.22. The van der Waals surface area contributed by atoms with Crippen LogP contribution in [0.5, 0.6) is 0 Å². The number of hydrogen-bond acceptors (Lipinski definition) is 3. The lowest BCUT2D eigenvalue weighted by Crippen LogP contribution is -1.96. The normalized spacial score (nSPS) is 15.1. The predicted molar refractivity (Wildman–Crippen MR) is 65.7 cm³/mol. The summed E-state index contributed by atoms with van der Waals surface area (Å²) in [7, 11) is 0. The number of hydrogen-bond donors (Lipinski definition) is 0. The molecule has 0 aliphatic heterocycles. The molecule has 0 fully saturated rings. The molecular weight excluding hydrogens is 218 g/mol. The first-order valence-corrected chi connectivity index (χ1v) is 6.70. The zero-order chi connectivity index (χ0) is 11.0. The first-order chi connectivity index (χ1) is 7.88. The summed E-state index contributed by atoms with van der Waals surface area (Å²) in [5.41, 5.74) is 1.54. The van der Waals surface area contributed by atoms with Gasteiger partial charge in [-0.1, -0.05) is 0 Å². The number of rotatable bonds is 2. The largest absolute Gasteiger partial charge is 0.313 e. The monoisotopic (exact) mass is 233 g/mol. The Labute approximate surface area is 99.1 Å². The molecule has 0 saturated carbocycles. The van der Waals surface area contributed by atoms with Gasteiger partial charge in [-0.05, 0) is 44.2 Å². The Morgan fingerprint density at radius 3 is 3.06 bits per heavy atom. The van der Waals surface area contributed by atoms with E-state index in [1.54, 1.807) is 4.88 Å². The van der Waals surface area contributed by atoms with Gasteiger partial charge in [0.1, 0.15) is 6.33 Å². The molecule has 0 radical (unpaired) electrons. The molecule has 1 aliphatic carbocycles. The van der Waals surface area contributed by atoms with Gasteiger partial charge in [-0.2, -0.15) is 0 Å². The smallest absolute Gasteiger partial charge is 0.173 e. The second kappa shape index (κ2) is 4.01. The minimum atomic E-state index is 0.935. The van der Waals surface area contributed by atoms with E-state index in [2.05, 4.69) is 27.8 Å². The third kappa shape index (κ3) is 1.57. The van der Waals surface area contributed by atoms with Crippen LogP contribution in [0.15, 0.2) is 12.4 Å². The second-order valence-corrected chi connectivity index (χ2v) is 5.34. The van der Waals surface area contributed by atoms with Crippen LogP contribution in [0.3, 0.4) is 0 Å². The molecule has 0 amide bonds. The maximum Gasteiger partial charge on any atom is 0.173 e. The molecule has 84 valence electrons. The molecule has 0 saturated heterocycles. The van der Waals surface area contributed by atoms with Gasteiger partial charge >= 0.3 is 0 Å². The number of aryl methyl sites for hydroxylation is 3. The molecule has 2 aromatic rings. The van der Waals surface area contributed by atoms with E-state index in [4.69, 9.17) is 0 Å². The van der Waals surface area contributed by atoms with Crippen molar-refractivity contribution in [2.75, 3.05) is 0 Å². The molecule has 4 heteroatoms. The van der Waals surface area contributed by atoms with Crippen molar-refractivity contribution >= 4 is 11.3 Å². The fraction of sp³-hybridized carbons (Fsp3) is 0.500. The first kappa shape index (κ1) is 10.0. The highest BCUT2D eigenvalue weighted by molar-refractivity contribution is 7.15. The van der Waals surface area contributed by atoms with Crippen LogP contribution in [0, 0.1) is 0 Å². The number of nitrogens with zero attached hydrogens (tertiary/aromatic N) is 3. The third-order valence-electron chi connectivity index (χ3n) is 3.17. The van der Waals surface area contributed by atoms with E-state index in [9.17, 15) is 0 Å². The summed E-state index contributed by atoms with van der Waals surface area (Å²) in [6, 6.07) is 2.31. The lowest BCUT2D eigenvalue weighted by atomic mass is 9.99. The van der Waals surface area contributed by atoms with E-state index in [0.29, 0.717) is 0 Å². The van der Waals surface area contributed by atoms with Gasteiger partial charge < -0.3 is 4.57 Å². The van der Waals surface area contributed by atoms with Crippen LogP contribution in [0.1, 0.15) is 30.2 Å². The molecular formula is C12H15N3S. The van der Waals surface area contributed by atoms with E-state index < -0.39 is 0 Å². The zero-order valence-electron chi connectivity index (χ0n) is 9.44. The van der Waals surface area contributed by atoms with Crippen LogP contribution < -0.4 is 0 Å². The molecule has 0 spiro atoms. The Kier molecular flexibility index (Phi) is 2.52. The summed E-state index contributed by atoms with van der Waals surface area (Å²) in [5.74, 6) is 1.03. The average Bonchev–Trinajstić information content (AvgIpc) is 2.94. The topological polar surface area (TPSA) is 30.7 Å². The number of aromatic nitrogens is 3. The summed E-state index contributed by atoms with van der Waals surface area (Å²) in [4.78, 5) is 2.85. The van der Waals surface area contributed by atoms with Gasteiger partial charge in [-0.15, -0.1) is 21.5 Å². The predicted octanol–water partition coefficient (Wildman–Crippen LogP) is 2.91. The highest BCUT2D eigenvalue weighted by Crippen LogP contribution is 2.34. The Balaban J connectivity index is 2.03. The van der Waals surface area contributed by atoms with Crippen molar-refractivity contribution in [2.45, 2.75) is 39.2 Å². The molecule has 0 bridgehead atoms. The van der Waals surface area contributed by atoms with Crippen molar-refractivity contribution < 1.29 is 0 Å². The van der Waals surface area contributed by atoms with E-state index in [-0.39, 0.29) is 0 Å². The zero-order valence-corrected chi connectivity index (χ0v) is 10.3. The molecule has 2 aromatic heterocycles. The van der Waals surface area contributed by atoms with Crippen LogP contribution in [-0.4, -0.2) is 14.8 Å². The lowest BCUT2D eigenvalue weighted by Gasteiger charge is -2.08. The molecule has 0 N–H and O–H groups in total. The minimum absolute atomic E-state index is 0.935.